The Morgan fingerprint density at radius 2 is 2.11 bits per heavy atom. The van der Waals surface area contributed by atoms with Crippen LogP contribution in [0.1, 0.15) is 32.9 Å². The van der Waals surface area contributed by atoms with Crippen LogP contribution in [0.3, 0.4) is 0 Å². The predicted octanol–water partition coefficient (Wildman–Crippen LogP) is 2.40. The largest absolute Gasteiger partial charge is 0.481 e. The summed E-state index contributed by atoms with van der Waals surface area (Å²) in [5, 5.41) is 12.3. The minimum atomic E-state index is -1.09. The van der Waals surface area contributed by atoms with Gasteiger partial charge in [0.25, 0.3) is 11.8 Å². The molecule has 1 saturated heterocycles. The number of methoxy groups -OCH3 is 1. The summed E-state index contributed by atoms with van der Waals surface area (Å²) in [4.78, 5) is 38.3. The van der Waals surface area contributed by atoms with Crippen molar-refractivity contribution >= 4 is 23.5 Å². The zero-order chi connectivity index (χ0) is 20.3. The number of nitrogens with one attached hydrogen (secondary N) is 1. The number of hydrogen-bond acceptors (Lipinski definition) is 5. The normalized spacial score (nSPS) is 18.9. The molecule has 8 heteroatoms. The Kier molecular flexibility index (Phi) is 5.51. The number of furan rings is 1. The molecule has 148 valence electrons. The van der Waals surface area contributed by atoms with E-state index in [0.29, 0.717) is 24.2 Å². The number of aliphatic carboxylic acids is 1. The summed E-state index contributed by atoms with van der Waals surface area (Å²) in [6.45, 7) is 2.27. The van der Waals surface area contributed by atoms with Crippen LogP contribution in [0.4, 0.5) is 5.69 Å². The molecular weight excluding hydrogens is 364 g/mol. The van der Waals surface area contributed by atoms with Gasteiger partial charge in [0.15, 0.2) is 5.76 Å². The minimum absolute atomic E-state index is 0.0461. The molecule has 1 aliphatic rings. The molecule has 1 fully saturated rings. The van der Waals surface area contributed by atoms with E-state index in [0.717, 1.165) is 5.56 Å². The maximum atomic E-state index is 12.9. The molecule has 0 saturated carbocycles. The standard InChI is InChI=1S/C20H22N2O6/c1-13-5-6-14(10-15(13)21-17(23)16-4-3-9-28-16)18(24)22-8-7-20(11-22,12-27-2)19(25)26/h3-6,9-10H,7-8,11-12H2,1-2H3,(H,21,23)(H,25,26). The monoisotopic (exact) mass is 386 g/mol. The lowest BCUT2D eigenvalue weighted by Gasteiger charge is -2.24. The van der Waals surface area contributed by atoms with Crippen LogP contribution >= 0.6 is 0 Å². The van der Waals surface area contributed by atoms with Gasteiger partial charge in [0.1, 0.15) is 5.41 Å². The van der Waals surface area contributed by atoms with Gasteiger partial charge in [-0.25, -0.2) is 0 Å². The lowest BCUT2D eigenvalue weighted by atomic mass is 9.88. The summed E-state index contributed by atoms with van der Waals surface area (Å²) in [6.07, 6.45) is 1.74. The second-order valence-corrected chi connectivity index (χ2v) is 6.96. The van der Waals surface area contributed by atoms with Gasteiger partial charge in [0, 0.05) is 31.5 Å². The first-order valence-corrected chi connectivity index (χ1v) is 8.83. The second kappa shape index (κ2) is 7.85. The third-order valence-electron chi connectivity index (χ3n) is 4.99. The number of carbonyl (C=O) groups excluding carboxylic acids is 2. The van der Waals surface area contributed by atoms with Gasteiger partial charge < -0.3 is 24.5 Å². The maximum Gasteiger partial charge on any atom is 0.313 e. The van der Waals surface area contributed by atoms with Crippen LogP contribution in [0, 0.1) is 12.3 Å². The lowest BCUT2D eigenvalue weighted by Crippen LogP contribution is -2.40. The van der Waals surface area contributed by atoms with Crippen LogP contribution in [0.2, 0.25) is 0 Å². The summed E-state index contributed by atoms with van der Waals surface area (Å²) in [5.41, 5.74) is 0.565. The molecular formula is C20H22N2O6. The molecule has 0 bridgehead atoms. The van der Waals surface area contributed by atoms with Gasteiger partial charge in [0.05, 0.1) is 12.9 Å². The fourth-order valence-corrected chi connectivity index (χ4v) is 3.34. The maximum absolute atomic E-state index is 12.9. The summed E-state index contributed by atoms with van der Waals surface area (Å²) in [6, 6.07) is 8.16. The van der Waals surface area contributed by atoms with Gasteiger partial charge in [0.2, 0.25) is 0 Å². The molecule has 0 spiro atoms. The van der Waals surface area contributed by atoms with Crippen molar-refractivity contribution in [3.63, 3.8) is 0 Å². The van der Waals surface area contributed by atoms with Gasteiger partial charge in [-0.05, 0) is 43.2 Å². The molecule has 1 aromatic carbocycles. The van der Waals surface area contributed by atoms with Gasteiger partial charge in [-0.1, -0.05) is 6.07 Å². The Labute approximate surface area is 162 Å². The first kappa shape index (κ1) is 19.6. The Balaban J connectivity index is 1.78. The van der Waals surface area contributed by atoms with E-state index >= 15 is 0 Å². The topological polar surface area (TPSA) is 109 Å². The van der Waals surface area contributed by atoms with Gasteiger partial charge >= 0.3 is 5.97 Å². The smallest absolute Gasteiger partial charge is 0.313 e. The molecule has 0 radical (unpaired) electrons. The number of amides is 2. The number of carboxylic acid groups (broad SMARTS) is 1. The third-order valence-corrected chi connectivity index (χ3v) is 4.99. The lowest BCUT2D eigenvalue weighted by molar-refractivity contribution is -0.151. The van der Waals surface area contributed by atoms with Crippen molar-refractivity contribution in [2.45, 2.75) is 13.3 Å². The molecule has 1 aromatic heterocycles. The number of carbonyl (C=O) groups is 3. The number of carboxylic acids is 1. The summed E-state index contributed by atoms with van der Waals surface area (Å²) in [7, 11) is 1.45. The van der Waals surface area contributed by atoms with E-state index in [1.165, 1.54) is 18.3 Å². The summed E-state index contributed by atoms with van der Waals surface area (Å²) >= 11 is 0. The SMILES string of the molecule is COCC1(C(=O)O)CCN(C(=O)c2ccc(C)c(NC(=O)c3ccco3)c2)C1. The summed E-state index contributed by atoms with van der Waals surface area (Å²) in [5.74, 6) is -1.50. The van der Waals surface area contributed by atoms with E-state index in [9.17, 15) is 19.5 Å². The zero-order valence-corrected chi connectivity index (χ0v) is 15.7. The molecule has 28 heavy (non-hydrogen) atoms. The average Bonchev–Trinajstić information content (AvgIpc) is 3.34. The molecule has 2 aromatic rings. The van der Waals surface area contributed by atoms with E-state index in [-0.39, 0.29) is 24.8 Å². The number of likely N-dealkylation sites (tertiary alicyclic amines) is 1. The zero-order valence-electron chi connectivity index (χ0n) is 15.7. The molecule has 1 unspecified atom stereocenters. The summed E-state index contributed by atoms with van der Waals surface area (Å²) < 4.78 is 10.1. The van der Waals surface area contributed by atoms with E-state index < -0.39 is 17.3 Å². The van der Waals surface area contributed by atoms with Crippen molar-refractivity contribution in [2.75, 3.05) is 32.1 Å². The van der Waals surface area contributed by atoms with Crippen molar-refractivity contribution in [3.8, 4) is 0 Å². The molecule has 2 heterocycles. The molecule has 0 aliphatic carbocycles. The molecule has 8 nitrogen and oxygen atoms in total. The molecule has 2 amide bonds. The number of anilines is 1. The van der Waals surface area contributed by atoms with Gasteiger partial charge in [-0.2, -0.15) is 0 Å². The Morgan fingerprint density at radius 1 is 1.32 bits per heavy atom. The van der Waals surface area contributed by atoms with Crippen molar-refractivity contribution in [1.29, 1.82) is 0 Å². The van der Waals surface area contributed by atoms with Gasteiger partial charge in [-0.3, -0.25) is 14.4 Å². The number of benzene rings is 1. The number of hydrogen-bond donors (Lipinski definition) is 2. The molecule has 1 atom stereocenters. The van der Waals surface area contributed by atoms with Crippen molar-refractivity contribution < 1.29 is 28.6 Å². The fraction of sp³-hybridized carbons (Fsp3) is 0.350. The van der Waals surface area contributed by atoms with Crippen LogP contribution in [0.5, 0.6) is 0 Å². The number of rotatable bonds is 6. The first-order chi connectivity index (χ1) is 13.4. The molecule has 2 N–H and O–H groups in total. The Bertz CT molecular complexity index is 892. The highest BCUT2D eigenvalue weighted by atomic mass is 16.5. The van der Waals surface area contributed by atoms with Gasteiger partial charge in [-0.15, -0.1) is 0 Å². The predicted molar refractivity (Wildman–Crippen MR) is 100 cm³/mol. The number of ether oxygens (including phenoxy) is 1. The average molecular weight is 386 g/mol. The Hall–Kier alpha value is -3.13. The van der Waals surface area contributed by atoms with Crippen molar-refractivity contribution in [3.05, 3.63) is 53.5 Å². The minimum Gasteiger partial charge on any atom is -0.481 e. The van der Waals surface area contributed by atoms with E-state index in [4.69, 9.17) is 9.15 Å². The van der Waals surface area contributed by atoms with Crippen molar-refractivity contribution in [2.24, 2.45) is 5.41 Å². The highest BCUT2D eigenvalue weighted by Crippen LogP contribution is 2.32. The van der Waals surface area contributed by atoms with Crippen LogP contribution in [-0.4, -0.2) is 54.6 Å². The van der Waals surface area contributed by atoms with Crippen LogP contribution in [0.15, 0.2) is 41.0 Å². The van der Waals surface area contributed by atoms with Crippen LogP contribution in [0.25, 0.3) is 0 Å². The number of aryl methyl sites for hydroxylation is 1. The van der Waals surface area contributed by atoms with Crippen LogP contribution in [-0.2, 0) is 9.53 Å². The van der Waals surface area contributed by atoms with Crippen LogP contribution < -0.4 is 5.32 Å². The number of nitrogens with zero attached hydrogens (tertiary/aromatic N) is 1. The van der Waals surface area contributed by atoms with E-state index in [1.54, 1.807) is 30.3 Å². The third kappa shape index (κ3) is 3.77. The quantitative estimate of drug-likeness (QED) is 0.789. The van der Waals surface area contributed by atoms with E-state index in [2.05, 4.69) is 5.32 Å². The molecule has 1 aliphatic heterocycles. The second-order valence-electron chi connectivity index (χ2n) is 6.96. The highest BCUT2D eigenvalue weighted by Gasteiger charge is 2.46. The van der Waals surface area contributed by atoms with Crippen molar-refractivity contribution in [1.82, 2.24) is 4.90 Å². The highest BCUT2D eigenvalue weighted by molar-refractivity contribution is 6.04. The molecule has 3 rings (SSSR count). The van der Waals surface area contributed by atoms with E-state index in [1.807, 2.05) is 6.92 Å². The Morgan fingerprint density at radius 3 is 2.75 bits per heavy atom. The first-order valence-electron chi connectivity index (χ1n) is 8.83. The fourth-order valence-electron chi connectivity index (χ4n) is 3.34.